The Morgan fingerprint density at radius 3 is 2.86 bits per heavy atom. The summed E-state index contributed by atoms with van der Waals surface area (Å²) < 4.78 is 6.25. The lowest BCUT2D eigenvalue weighted by Crippen LogP contribution is -2.52. The molecule has 2 unspecified atom stereocenters. The van der Waals surface area contributed by atoms with Gasteiger partial charge in [-0.15, -0.1) is 0 Å². The van der Waals surface area contributed by atoms with Gasteiger partial charge < -0.3 is 20.7 Å². The minimum atomic E-state index is -0.437. The van der Waals surface area contributed by atoms with Crippen LogP contribution in [0.25, 0.3) is 0 Å². The second-order valence-electron chi connectivity index (χ2n) is 9.78. The molecule has 6 rings (SSSR count). The SMILES string of the molecule is O=C(NC1CCCNC1)[C@@H]1Sc2nccc3c2C1NC(=O)N3c1cccc(OC2CCCCC2)c1. The van der Waals surface area contributed by atoms with Crippen molar-refractivity contribution in [1.29, 1.82) is 0 Å². The van der Waals surface area contributed by atoms with Crippen LogP contribution >= 0.6 is 11.8 Å². The van der Waals surface area contributed by atoms with E-state index in [2.05, 4.69) is 20.9 Å². The third-order valence-electron chi connectivity index (χ3n) is 7.34. The molecule has 0 radical (unpaired) electrons. The highest BCUT2D eigenvalue weighted by Crippen LogP contribution is 2.50. The van der Waals surface area contributed by atoms with E-state index in [0.717, 1.165) is 66.5 Å². The van der Waals surface area contributed by atoms with Crippen molar-refractivity contribution in [1.82, 2.24) is 20.9 Å². The summed E-state index contributed by atoms with van der Waals surface area (Å²) in [6, 6.07) is 9.08. The van der Waals surface area contributed by atoms with Crippen LogP contribution in [0.5, 0.6) is 5.75 Å². The summed E-state index contributed by atoms with van der Waals surface area (Å²) in [4.78, 5) is 32.8. The number of hydrogen-bond acceptors (Lipinski definition) is 6. The molecule has 184 valence electrons. The number of amides is 3. The first-order valence-corrected chi connectivity index (χ1v) is 13.6. The van der Waals surface area contributed by atoms with Crippen LogP contribution in [0.3, 0.4) is 0 Å². The maximum Gasteiger partial charge on any atom is 0.327 e. The van der Waals surface area contributed by atoms with Crippen molar-refractivity contribution in [2.75, 3.05) is 18.0 Å². The van der Waals surface area contributed by atoms with Gasteiger partial charge in [0.25, 0.3) is 0 Å². The predicted molar refractivity (Wildman–Crippen MR) is 135 cm³/mol. The Kier molecular flexibility index (Phi) is 6.28. The van der Waals surface area contributed by atoms with Crippen LogP contribution in [0.1, 0.15) is 56.6 Å². The number of aromatic nitrogens is 1. The first-order chi connectivity index (χ1) is 17.2. The number of pyridine rings is 1. The fraction of sp³-hybridized carbons (Fsp3) is 0.500. The number of carbonyl (C=O) groups is 2. The minimum absolute atomic E-state index is 0.0470. The first-order valence-electron chi connectivity index (χ1n) is 12.7. The number of piperidine rings is 1. The Bertz CT molecular complexity index is 1120. The van der Waals surface area contributed by atoms with Crippen molar-refractivity contribution >= 4 is 35.1 Å². The second kappa shape index (κ2) is 9.70. The lowest BCUT2D eigenvalue weighted by Gasteiger charge is -2.34. The monoisotopic (exact) mass is 493 g/mol. The number of carbonyl (C=O) groups excluding carboxylic acids is 2. The molecule has 3 amide bonds. The number of anilines is 2. The molecular weight excluding hydrogens is 462 g/mol. The number of rotatable bonds is 5. The standard InChI is InChI=1S/C26H31N5O3S/c32-24(29-16-6-5-12-27-15-16)23-22-21-20(11-13-28-25(21)35-23)31(26(33)30-22)17-7-4-10-19(14-17)34-18-8-2-1-3-9-18/h4,7,10-11,13-14,16,18,22-23,27H,1-3,5-6,8-9,12,15H2,(H,29,32)(H,30,33)/t16?,22?,23-/m1/s1. The van der Waals surface area contributed by atoms with Gasteiger partial charge in [-0.1, -0.05) is 24.2 Å². The average molecular weight is 494 g/mol. The zero-order valence-corrected chi connectivity index (χ0v) is 20.5. The molecule has 3 aliphatic heterocycles. The second-order valence-corrected chi connectivity index (χ2v) is 10.9. The van der Waals surface area contributed by atoms with Gasteiger partial charge in [-0.2, -0.15) is 0 Å². The Labute approximate surface area is 209 Å². The van der Waals surface area contributed by atoms with Crippen molar-refractivity contribution in [2.45, 2.75) is 73.4 Å². The maximum absolute atomic E-state index is 13.4. The van der Waals surface area contributed by atoms with Gasteiger partial charge in [-0.25, -0.2) is 9.78 Å². The Hall–Kier alpha value is -2.78. The molecule has 8 nitrogen and oxygen atoms in total. The fourth-order valence-electron chi connectivity index (χ4n) is 5.61. The van der Waals surface area contributed by atoms with Gasteiger partial charge in [0.1, 0.15) is 16.0 Å². The largest absolute Gasteiger partial charge is 0.490 e. The van der Waals surface area contributed by atoms with Gasteiger partial charge in [-0.05, 0) is 63.3 Å². The quantitative estimate of drug-likeness (QED) is 0.582. The van der Waals surface area contributed by atoms with E-state index in [1.165, 1.54) is 31.0 Å². The lowest BCUT2D eigenvalue weighted by molar-refractivity contribution is -0.121. The third-order valence-corrected chi connectivity index (χ3v) is 8.63. The minimum Gasteiger partial charge on any atom is -0.490 e. The van der Waals surface area contributed by atoms with Crippen LogP contribution in [-0.4, -0.2) is 47.4 Å². The summed E-state index contributed by atoms with van der Waals surface area (Å²) in [5, 5.41) is 9.97. The van der Waals surface area contributed by atoms with Gasteiger partial charge >= 0.3 is 6.03 Å². The molecule has 4 aliphatic rings. The maximum atomic E-state index is 13.4. The summed E-state index contributed by atoms with van der Waals surface area (Å²) in [6.07, 6.45) is 9.80. The van der Waals surface area contributed by atoms with Gasteiger partial charge in [0.15, 0.2) is 0 Å². The van der Waals surface area contributed by atoms with Crippen LogP contribution < -0.4 is 25.6 Å². The van der Waals surface area contributed by atoms with E-state index in [4.69, 9.17) is 4.74 Å². The molecule has 4 heterocycles. The number of hydrogen-bond donors (Lipinski definition) is 3. The van der Waals surface area contributed by atoms with Crippen LogP contribution in [-0.2, 0) is 4.79 Å². The smallest absolute Gasteiger partial charge is 0.327 e. The molecule has 1 aromatic carbocycles. The van der Waals surface area contributed by atoms with E-state index in [1.807, 2.05) is 30.3 Å². The molecule has 1 saturated heterocycles. The zero-order chi connectivity index (χ0) is 23.8. The topological polar surface area (TPSA) is 95.6 Å². The highest BCUT2D eigenvalue weighted by atomic mass is 32.2. The molecule has 1 aromatic heterocycles. The molecule has 3 N–H and O–H groups in total. The first kappa shape index (κ1) is 22.7. The van der Waals surface area contributed by atoms with E-state index in [-0.39, 0.29) is 24.1 Å². The number of nitrogens with one attached hydrogen (secondary N) is 3. The average Bonchev–Trinajstić information content (AvgIpc) is 3.25. The molecule has 2 fully saturated rings. The summed E-state index contributed by atoms with van der Waals surface area (Å²) in [5.41, 5.74) is 2.44. The van der Waals surface area contributed by atoms with Crippen molar-refractivity contribution in [3.8, 4) is 5.75 Å². The fourth-order valence-corrected chi connectivity index (χ4v) is 6.85. The number of benzene rings is 1. The van der Waals surface area contributed by atoms with E-state index >= 15 is 0 Å². The zero-order valence-electron chi connectivity index (χ0n) is 19.7. The van der Waals surface area contributed by atoms with Gasteiger partial charge in [0, 0.05) is 30.4 Å². The van der Waals surface area contributed by atoms with Crippen molar-refractivity contribution in [3.05, 3.63) is 42.1 Å². The van der Waals surface area contributed by atoms with E-state index in [1.54, 1.807) is 11.1 Å². The molecule has 1 aliphatic carbocycles. The molecule has 3 atom stereocenters. The van der Waals surface area contributed by atoms with Gasteiger partial charge in [-0.3, -0.25) is 9.69 Å². The number of urea groups is 1. The molecule has 35 heavy (non-hydrogen) atoms. The Balaban J connectivity index is 1.25. The van der Waals surface area contributed by atoms with Crippen LogP contribution in [0.4, 0.5) is 16.2 Å². The van der Waals surface area contributed by atoms with E-state index < -0.39 is 11.3 Å². The van der Waals surface area contributed by atoms with Gasteiger partial charge in [0.2, 0.25) is 5.91 Å². The Morgan fingerprint density at radius 1 is 1.14 bits per heavy atom. The van der Waals surface area contributed by atoms with Crippen molar-refractivity contribution in [2.24, 2.45) is 0 Å². The molecule has 0 bridgehead atoms. The predicted octanol–water partition coefficient (Wildman–Crippen LogP) is 4.04. The number of thioether (sulfide) groups is 1. The molecular formula is C26H31N5O3S. The van der Waals surface area contributed by atoms with Gasteiger partial charge in [0.05, 0.1) is 23.5 Å². The van der Waals surface area contributed by atoms with Crippen LogP contribution in [0.15, 0.2) is 41.6 Å². The molecule has 0 spiro atoms. The summed E-state index contributed by atoms with van der Waals surface area (Å²) in [6.45, 7) is 1.77. The highest BCUT2D eigenvalue weighted by molar-refractivity contribution is 8.01. The Morgan fingerprint density at radius 2 is 2.03 bits per heavy atom. The van der Waals surface area contributed by atoms with Crippen LogP contribution in [0.2, 0.25) is 0 Å². The summed E-state index contributed by atoms with van der Waals surface area (Å²) in [5.74, 6) is 0.733. The van der Waals surface area contributed by atoms with Crippen molar-refractivity contribution < 1.29 is 14.3 Å². The summed E-state index contributed by atoms with van der Waals surface area (Å²) >= 11 is 1.44. The van der Waals surface area contributed by atoms with E-state index in [0.29, 0.717) is 0 Å². The molecule has 2 aromatic rings. The third kappa shape index (κ3) is 4.47. The number of ether oxygens (including phenoxy) is 1. The lowest BCUT2D eigenvalue weighted by atomic mass is 9.98. The molecule has 9 heteroatoms. The summed E-state index contributed by atoms with van der Waals surface area (Å²) in [7, 11) is 0. The van der Waals surface area contributed by atoms with E-state index in [9.17, 15) is 9.59 Å². The number of nitrogens with zero attached hydrogens (tertiary/aromatic N) is 2. The highest BCUT2D eigenvalue weighted by Gasteiger charge is 2.47. The van der Waals surface area contributed by atoms with Crippen LogP contribution in [0, 0.1) is 0 Å². The molecule has 1 saturated carbocycles. The van der Waals surface area contributed by atoms with Crippen molar-refractivity contribution in [3.63, 3.8) is 0 Å². The normalized spacial score (nSPS) is 26.1.